The van der Waals surface area contributed by atoms with Gasteiger partial charge in [-0.3, -0.25) is 29.6 Å². The van der Waals surface area contributed by atoms with Crippen molar-refractivity contribution in [2.24, 2.45) is 5.14 Å². The fourth-order valence-electron chi connectivity index (χ4n) is 4.07. The molecule has 20 heteroatoms. The minimum Gasteiger partial charge on any atom is -0.463 e. The van der Waals surface area contributed by atoms with Crippen molar-refractivity contribution >= 4 is 49.2 Å². The molecule has 0 saturated heterocycles. The van der Waals surface area contributed by atoms with Crippen LogP contribution >= 0.6 is 11.3 Å². The number of hydrogen-bond acceptors (Lipinski definition) is 14. The number of esters is 1. The first-order chi connectivity index (χ1) is 19.1. The first-order valence-electron chi connectivity index (χ1n) is 12.3. The highest BCUT2D eigenvalue weighted by Gasteiger charge is 2.44. The molecular formula is C21H35N5O12S3. The van der Waals surface area contributed by atoms with Crippen LogP contribution in [0.25, 0.3) is 0 Å². The maximum absolute atomic E-state index is 13.7. The Balaban J connectivity index is 2.37. The summed E-state index contributed by atoms with van der Waals surface area (Å²) in [6.07, 6.45) is 0.187. The van der Waals surface area contributed by atoms with Crippen LogP contribution in [-0.4, -0.2) is 112 Å². The lowest BCUT2D eigenvalue weighted by atomic mass is 10.1. The minimum absolute atomic E-state index is 0.0235. The molecule has 0 saturated carbocycles. The van der Waals surface area contributed by atoms with Gasteiger partial charge in [0.1, 0.15) is 21.1 Å². The number of carbonyl (C=O) groups is 3. The molecule has 0 bridgehead atoms. The van der Waals surface area contributed by atoms with Gasteiger partial charge in [-0.2, -0.15) is 4.31 Å². The summed E-state index contributed by atoms with van der Waals surface area (Å²) < 4.78 is 61.6. The quantitative estimate of drug-likeness (QED) is 0.0977. The lowest BCUT2D eigenvalue weighted by Gasteiger charge is -2.39. The van der Waals surface area contributed by atoms with Crippen molar-refractivity contribution < 1.29 is 55.9 Å². The summed E-state index contributed by atoms with van der Waals surface area (Å²) in [5, 5.41) is 24.2. The van der Waals surface area contributed by atoms with Crippen LogP contribution in [0.1, 0.15) is 44.7 Å². The zero-order valence-corrected chi connectivity index (χ0v) is 25.2. The average molecular weight is 646 g/mol. The highest BCUT2D eigenvalue weighted by molar-refractivity contribution is 7.94. The molecule has 1 unspecified atom stereocenters. The fraction of sp³-hybridized carbons (Fsp3) is 0.667. The number of carbonyl (C=O) groups excluding carboxylic acids is 3. The van der Waals surface area contributed by atoms with Crippen LogP contribution in [0, 0.1) is 0 Å². The Labute approximate surface area is 241 Å². The van der Waals surface area contributed by atoms with Gasteiger partial charge < -0.3 is 19.7 Å². The van der Waals surface area contributed by atoms with Gasteiger partial charge in [-0.1, -0.05) is 0 Å². The Morgan fingerprint density at radius 3 is 2.51 bits per heavy atom. The number of rotatable bonds is 16. The van der Waals surface area contributed by atoms with E-state index in [1.54, 1.807) is 6.92 Å². The van der Waals surface area contributed by atoms with E-state index >= 15 is 0 Å². The van der Waals surface area contributed by atoms with Crippen molar-refractivity contribution in [1.29, 1.82) is 0 Å². The first-order valence-corrected chi connectivity index (χ1v) is 16.1. The van der Waals surface area contributed by atoms with Crippen molar-refractivity contribution in [3.05, 3.63) is 11.6 Å². The van der Waals surface area contributed by atoms with Gasteiger partial charge in [0, 0.05) is 52.3 Å². The molecule has 0 aliphatic carbocycles. The number of methoxy groups -OCH3 is 1. The van der Waals surface area contributed by atoms with Crippen molar-refractivity contribution in [2.75, 3.05) is 46.6 Å². The lowest BCUT2D eigenvalue weighted by molar-refractivity contribution is -0.492. The van der Waals surface area contributed by atoms with E-state index in [0.717, 1.165) is 17.3 Å². The van der Waals surface area contributed by atoms with Crippen LogP contribution in [0.4, 0.5) is 0 Å². The molecule has 1 aromatic rings. The lowest BCUT2D eigenvalue weighted by Crippen LogP contribution is -2.54. The summed E-state index contributed by atoms with van der Waals surface area (Å²) in [7, 11) is -6.93. The molecular weight excluding hydrogens is 610 g/mol. The topological polar surface area (TPSA) is 235 Å². The maximum Gasteiger partial charge on any atom is 0.305 e. The van der Waals surface area contributed by atoms with E-state index in [1.807, 2.05) is 0 Å². The number of nitrogens with two attached hydrogens (primary N) is 1. The monoisotopic (exact) mass is 645 g/mol. The summed E-state index contributed by atoms with van der Waals surface area (Å²) in [5.74, 6) is -2.06. The molecule has 17 nitrogen and oxygen atoms in total. The van der Waals surface area contributed by atoms with Crippen LogP contribution < -0.4 is 10.5 Å². The van der Waals surface area contributed by atoms with E-state index in [2.05, 4.69) is 10.2 Å². The molecule has 0 fully saturated rings. The van der Waals surface area contributed by atoms with Crippen LogP contribution in [0.5, 0.6) is 0 Å². The van der Waals surface area contributed by atoms with Crippen molar-refractivity contribution in [2.45, 2.75) is 53.6 Å². The smallest absolute Gasteiger partial charge is 0.305 e. The first kappa shape index (κ1) is 34.9. The van der Waals surface area contributed by atoms with E-state index in [9.17, 15) is 31.2 Å². The van der Waals surface area contributed by atoms with Crippen molar-refractivity contribution in [3.8, 4) is 0 Å². The van der Waals surface area contributed by atoms with Gasteiger partial charge in [-0.05, 0) is 25.8 Å². The third-order valence-electron chi connectivity index (χ3n) is 5.87. The van der Waals surface area contributed by atoms with Crippen LogP contribution in [0.15, 0.2) is 14.5 Å². The van der Waals surface area contributed by atoms with E-state index in [1.165, 1.54) is 12.0 Å². The standard InChI is InChI=1S/C21H35N5O12S3/c1-4-25(20(29)16(23-14(2)27)13-37-18(28)7-5-10-38-26(30)31)17-12-24(8-6-9-36-3)41(34,35)21-15(17)11-19(39-21)40(22,32)33/h11,16-17,30-31H,4-10,12-13H2,1-3H3,(H,23,27)(H2,22,32,33)/t16?,17-/m0/s1. The summed E-state index contributed by atoms with van der Waals surface area (Å²) in [4.78, 5) is 43.4. The van der Waals surface area contributed by atoms with E-state index < -0.39 is 61.9 Å². The second-order valence-corrected chi connectivity index (χ2v) is 13.8. The number of likely N-dealkylation sites (N-methyl/N-ethyl adjacent to an activating group) is 1. The Morgan fingerprint density at radius 1 is 1.27 bits per heavy atom. The number of primary sulfonamides is 1. The molecule has 2 atom stereocenters. The Kier molecular flexibility index (Phi) is 13.0. The highest BCUT2D eigenvalue weighted by Crippen LogP contribution is 2.42. The van der Waals surface area contributed by atoms with Gasteiger partial charge in [-0.15, -0.1) is 11.3 Å². The molecule has 2 amide bonds. The number of hydrogen-bond donors (Lipinski definition) is 4. The number of nitrogens with zero attached hydrogens (tertiary/aromatic N) is 3. The number of sulfonamides is 2. The average Bonchev–Trinajstić information content (AvgIpc) is 3.34. The molecule has 1 aliphatic heterocycles. The van der Waals surface area contributed by atoms with Crippen molar-refractivity contribution in [1.82, 2.24) is 19.9 Å². The van der Waals surface area contributed by atoms with Crippen molar-refractivity contribution in [3.63, 3.8) is 0 Å². The van der Waals surface area contributed by atoms with Gasteiger partial charge in [0.05, 0.1) is 18.0 Å². The van der Waals surface area contributed by atoms with E-state index in [-0.39, 0.29) is 59.7 Å². The molecule has 0 radical (unpaired) electrons. The summed E-state index contributed by atoms with van der Waals surface area (Å²) in [6, 6.07) is -1.17. The molecule has 2 rings (SSSR count). The number of amides is 2. The number of thiophene rings is 1. The van der Waals surface area contributed by atoms with Gasteiger partial charge in [0.15, 0.2) is 0 Å². The molecule has 1 aliphatic rings. The number of nitrogens with one attached hydrogen (secondary N) is 1. The molecule has 1 aromatic heterocycles. The third kappa shape index (κ3) is 9.63. The summed E-state index contributed by atoms with van der Waals surface area (Å²) in [6.45, 7) is 2.11. The predicted octanol–water partition coefficient (Wildman–Crippen LogP) is -0.834. The zero-order valence-electron chi connectivity index (χ0n) is 22.7. The van der Waals surface area contributed by atoms with Gasteiger partial charge in [-0.25, -0.2) is 22.0 Å². The molecule has 234 valence electrons. The largest absolute Gasteiger partial charge is 0.463 e. The minimum atomic E-state index is -4.27. The fourth-order valence-corrected chi connectivity index (χ4v) is 8.36. The van der Waals surface area contributed by atoms with E-state index in [4.69, 9.17) is 25.0 Å². The number of ether oxygens (including phenoxy) is 2. The predicted molar refractivity (Wildman–Crippen MR) is 140 cm³/mol. The molecule has 0 spiro atoms. The summed E-state index contributed by atoms with van der Waals surface area (Å²) >= 11 is 0.484. The normalized spacial score (nSPS) is 17.6. The Bertz CT molecular complexity index is 1280. The van der Waals surface area contributed by atoms with Gasteiger partial charge in [0.25, 0.3) is 10.0 Å². The van der Waals surface area contributed by atoms with Crippen LogP contribution in [0.2, 0.25) is 0 Å². The van der Waals surface area contributed by atoms with Gasteiger partial charge in [0.2, 0.25) is 21.8 Å². The van der Waals surface area contributed by atoms with E-state index in [0.29, 0.717) is 17.8 Å². The molecule has 2 heterocycles. The molecule has 0 aromatic carbocycles. The Morgan fingerprint density at radius 2 is 1.95 bits per heavy atom. The number of fused-ring (bicyclic) bond motifs is 1. The highest BCUT2D eigenvalue weighted by atomic mass is 32.3. The Hall–Kier alpha value is -2.27. The van der Waals surface area contributed by atoms with Crippen LogP contribution in [0.3, 0.4) is 0 Å². The van der Waals surface area contributed by atoms with Crippen LogP contribution in [-0.2, 0) is 48.7 Å². The van der Waals surface area contributed by atoms with Gasteiger partial charge >= 0.3 is 5.97 Å². The maximum atomic E-state index is 13.7. The second-order valence-electron chi connectivity index (χ2n) is 8.83. The zero-order chi connectivity index (χ0) is 31.0. The second kappa shape index (κ2) is 15.3. The molecule has 5 N–H and O–H groups in total. The summed E-state index contributed by atoms with van der Waals surface area (Å²) in [5.41, 5.74) is 0.0672. The SMILES string of the molecule is CCN(C(=O)C(COC(=O)CCCON(O)O)NC(C)=O)[C@H]1CN(CCCOC)S(=O)(=O)c2sc(S(N)(=O)=O)cc21. The molecule has 41 heavy (non-hydrogen) atoms. The third-order valence-corrected chi connectivity index (χ3v) is 10.8.